The average Bonchev–Trinajstić information content (AvgIpc) is 2.51. The molecule has 0 saturated carbocycles. The molecule has 0 amide bonds. The van der Waals surface area contributed by atoms with Crippen molar-refractivity contribution < 1.29 is 0 Å². The fourth-order valence-corrected chi connectivity index (χ4v) is 1.61. The van der Waals surface area contributed by atoms with Crippen molar-refractivity contribution in [2.75, 3.05) is 27.2 Å². The number of aromatic nitrogens is 2. The number of rotatable bonds is 6. The van der Waals surface area contributed by atoms with Crippen molar-refractivity contribution in [1.82, 2.24) is 20.0 Å². The third-order valence-corrected chi connectivity index (χ3v) is 2.13. The lowest BCUT2D eigenvalue weighted by atomic mass is 10.2. The number of nitrogens with one attached hydrogen (secondary N) is 1. The Morgan fingerprint density at radius 3 is 2.93 bits per heavy atom. The summed E-state index contributed by atoms with van der Waals surface area (Å²) in [7, 11) is 5.96. The van der Waals surface area contributed by atoms with Gasteiger partial charge < -0.3 is 5.32 Å². The molecule has 4 heteroatoms. The second kappa shape index (κ2) is 5.68. The summed E-state index contributed by atoms with van der Waals surface area (Å²) < 4.78 is 1.82. The number of likely N-dealkylation sites (N-methyl/N-ethyl adjacent to an activating group) is 2. The molecule has 0 atom stereocenters. The van der Waals surface area contributed by atoms with Crippen LogP contribution in [0.3, 0.4) is 0 Å². The highest BCUT2D eigenvalue weighted by Crippen LogP contribution is 2.02. The lowest BCUT2D eigenvalue weighted by Crippen LogP contribution is -2.24. The Labute approximate surface area is 91.6 Å². The van der Waals surface area contributed by atoms with E-state index in [1.54, 1.807) is 0 Å². The van der Waals surface area contributed by atoms with E-state index in [-0.39, 0.29) is 0 Å². The maximum atomic E-state index is 4.14. The zero-order chi connectivity index (χ0) is 11.3. The Balaban J connectivity index is 2.35. The van der Waals surface area contributed by atoms with Crippen LogP contribution in [0.1, 0.15) is 5.56 Å². The Morgan fingerprint density at radius 2 is 2.40 bits per heavy atom. The maximum absolute atomic E-state index is 4.14. The molecular weight excluding hydrogens is 188 g/mol. The van der Waals surface area contributed by atoms with Crippen LogP contribution in [-0.2, 0) is 13.6 Å². The van der Waals surface area contributed by atoms with Gasteiger partial charge in [-0.2, -0.15) is 5.10 Å². The van der Waals surface area contributed by atoms with Crippen LogP contribution in [0.4, 0.5) is 0 Å². The fraction of sp³-hybridized carbons (Fsp3) is 0.545. The highest BCUT2D eigenvalue weighted by atomic mass is 15.2. The van der Waals surface area contributed by atoms with Crippen LogP contribution in [-0.4, -0.2) is 41.9 Å². The molecule has 4 nitrogen and oxygen atoms in total. The van der Waals surface area contributed by atoms with Crippen molar-refractivity contribution in [3.8, 4) is 0 Å². The van der Waals surface area contributed by atoms with Crippen LogP contribution in [0, 0.1) is 0 Å². The van der Waals surface area contributed by atoms with Gasteiger partial charge >= 0.3 is 0 Å². The van der Waals surface area contributed by atoms with Gasteiger partial charge in [0.1, 0.15) is 0 Å². The van der Waals surface area contributed by atoms with Crippen molar-refractivity contribution >= 4 is 0 Å². The molecule has 1 aromatic heterocycles. The summed E-state index contributed by atoms with van der Waals surface area (Å²) in [6.45, 7) is 6.70. The van der Waals surface area contributed by atoms with E-state index in [4.69, 9.17) is 0 Å². The average molecular weight is 208 g/mol. The van der Waals surface area contributed by atoms with Gasteiger partial charge in [-0.05, 0) is 19.7 Å². The van der Waals surface area contributed by atoms with E-state index in [2.05, 4.69) is 28.9 Å². The molecule has 15 heavy (non-hydrogen) atoms. The first-order valence-corrected chi connectivity index (χ1v) is 5.09. The summed E-state index contributed by atoms with van der Waals surface area (Å²) in [6, 6.07) is 0. The molecule has 0 aliphatic heterocycles. The van der Waals surface area contributed by atoms with Crippen LogP contribution in [0.15, 0.2) is 24.5 Å². The van der Waals surface area contributed by atoms with Crippen molar-refractivity contribution in [2.24, 2.45) is 7.05 Å². The van der Waals surface area contributed by atoms with E-state index in [1.165, 1.54) is 11.1 Å². The van der Waals surface area contributed by atoms with Gasteiger partial charge in [0, 0.05) is 38.4 Å². The SMILES string of the molecule is C=C(CNC)CN(C)Cc1cnn(C)c1. The smallest absolute Gasteiger partial charge is 0.0534 e. The summed E-state index contributed by atoms with van der Waals surface area (Å²) in [5.41, 5.74) is 2.43. The highest BCUT2D eigenvalue weighted by Gasteiger charge is 2.03. The molecular formula is C11H20N4. The largest absolute Gasteiger partial charge is 0.316 e. The van der Waals surface area contributed by atoms with Crippen molar-refractivity contribution in [1.29, 1.82) is 0 Å². The van der Waals surface area contributed by atoms with Gasteiger partial charge in [0.05, 0.1) is 6.20 Å². The van der Waals surface area contributed by atoms with Crippen molar-refractivity contribution in [3.63, 3.8) is 0 Å². The molecule has 1 N–H and O–H groups in total. The minimum atomic E-state index is 0.872. The molecule has 0 radical (unpaired) electrons. The third kappa shape index (κ3) is 4.27. The maximum Gasteiger partial charge on any atom is 0.0534 e. The first kappa shape index (κ1) is 11.9. The number of hydrogen-bond acceptors (Lipinski definition) is 3. The Kier molecular flexibility index (Phi) is 4.52. The minimum Gasteiger partial charge on any atom is -0.316 e. The van der Waals surface area contributed by atoms with Gasteiger partial charge in [0.2, 0.25) is 0 Å². The van der Waals surface area contributed by atoms with Crippen LogP contribution in [0.2, 0.25) is 0 Å². The van der Waals surface area contributed by atoms with Crippen molar-refractivity contribution in [2.45, 2.75) is 6.54 Å². The van der Waals surface area contributed by atoms with Crippen molar-refractivity contribution in [3.05, 3.63) is 30.1 Å². The monoisotopic (exact) mass is 208 g/mol. The molecule has 0 aliphatic carbocycles. The fourth-order valence-electron chi connectivity index (χ4n) is 1.61. The Morgan fingerprint density at radius 1 is 1.67 bits per heavy atom. The van der Waals surface area contributed by atoms with Crippen LogP contribution in [0.5, 0.6) is 0 Å². The summed E-state index contributed by atoms with van der Waals surface area (Å²) in [4.78, 5) is 2.23. The quantitative estimate of drug-likeness (QED) is 0.696. The predicted octanol–water partition coefficient (Wildman–Crippen LogP) is 0.627. The highest BCUT2D eigenvalue weighted by molar-refractivity contribution is 5.05. The summed E-state index contributed by atoms with van der Waals surface area (Å²) in [5.74, 6) is 0. The Hall–Kier alpha value is -1.13. The van der Waals surface area contributed by atoms with Gasteiger partial charge in [0.25, 0.3) is 0 Å². The van der Waals surface area contributed by atoms with E-state index in [1.807, 2.05) is 31.2 Å². The van der Waals surface area contributed by atoms with Gasteiger partial charge in [-0.3, -0.25) is 9.58 Å². The number of hydrogen-bond donors (Lipinski definition) is 1. The predicted molar refractivity (Wildman–Crippen MR) is 62.6 cm³/mol. The van der Waals surface area contributed by atoms with Gasteiger partial charge in [-0.25, -0.2) is 0 Å². The molecule has 0 aliphatic rings. The molecule has 0 spiro atoms. The molecule has 1 aromatic rings. The number of aryl methyl sites for hydroxylation is 1. The van der Waals surface area contributed by atoms with Crippen LogP contribution in [0.25, 0.3) is 0 Å². The lowest BCUT2D eigenvalue weighted by molar-refractivity contribution is 0.352. The molecule has 0 fully saturated rings. The van der Waals surface area contributed by atoms with E-state index in [0.29, 0.717) is 0 Å². The van der Waals surface area contributed by atoms with Gasteiger partial charge in [-0.15, -0.1) is 0 Å². The molecule has 0 bridgehead atoms. The third-order valence-electron chi connectivity index (χ3n) is 2.13. The minimum absolute atomic E-state index is 0.872. The lowest BCUT2D eigenvalue weighted by Gasteiger charge is -2.16. The normalized spacial score (nSPS) is 10.9. The van der Waals surface area contributed by atoms with E-state index in [0.717, 1.165) is 19.6 Å². The summed E-state index contributed by atoms with van der Waals surface area (Å²) >= 11 is 0. The topological polar surface area (TPSA) is 33.1 Å². The standard InChI is InChI=1S/C11H20N4/c1-10(5-12-2)7-14(3)8-11-6-13-15(4)9-11/h6,9,12H,1,5,7-8H2,2-4H3. The molecule has 0 unspecified atom stereocenters. The van der Waals surface area contributed by atoms with Gasteiger partial charge in [-0.1, -0.05) is 6.58 Å². The summed E-state index contributed by atoms with van der Waals surface area (Å²) in [5, 5.41) is 7.24. The Bertz CT molecular complexity index is 316. The van der Waals surface area contributed by atoms with E-state index in [9.17, 15) is 0 Å². The van der Waals surface area contributed by atoms with E-state index < -0.39 is 0 Å². The van der Waals surface area contributed by atoms with Gasteiger partial charge in [0.15, 0.2) is 0 Å². The molecule has 84 valence electrons. The second-order valence-electron chi connectivity index (χ2n) is 3.97. The van der Waals surface area contributed by atoms with E-state index >= 15 is 0 Å². The molecule has 0 saturated heterocycles. The molecule has 0 aromatic carbocycles. The molecule has 1 heterocycles. The zero-order valence-electron chi connectivity index (χ0n) is 9.82. The zero-order valence-corrected chi connectivity index (χ0v) is 9.82. The summed E-state index contributed by atoms with van der Waals surface area (Å²) in [6.07, 6.45) is 3.94. The van der Waals surface area contributed by atoms with Crippen LogP contribution >= 0.6 is 0 Å². The van der Waals surface area contributed by atoms with Crippen LogP contribution < -0.4 is 5.32 Å². The first-order valence-electron chi connectivity index (χ1n) is 5.09. The first-order chi connectivity index (χ1) is 7.11. The molecule has 1 rings (SSSR count). The second-order valence-corrected chi connectivity index (χ2v) is 3.97. The number of nitrogens with zero attached hydrogens (tertiary/aromatic N) is 3.